The molecule has 7 heteroatoms. The number of carboxylic acid groups (broad SMARTS) is 1. The zero-order valence-electron chi connectivity index (χ0n) is 9.72. The van der Waals surface area contributed by atoms with Gasteiger partial charge in [0.1, 0.15) is 11.5 Å². The van der Waals surface area contributed by atoms with Gasteiger partial charge in [0.05, 0.1) is 0 Å². The summed E-state index contributed by atoms with van der Waals surface area (Å²) in [6.07, 6.45) is 0. The second-order valence-electron chi connectivity index (χ2n) is 3.81. The van der Waals surface area contributed by atoms with Crippen LogP contribution in [0.25, 0.3) is 5.69 Å². The molecular weight excluding hydrogens is 275 g/mol. The topological polar surface area (TPSA) is 72.2 Å². The molecule has 0 spiro atoms. The second kappa shape index (κ2) is 4.81. The number of aromatic nitrogens is 2. The summed E-state index contributed by atoms with van der Waals surface area (Å²) in [7, 11) is 0. The molecule has 5 nitrogen and oxygen atoms in total. The Hall–Kier alpha value is -2.21. The normalized spacial score (nSPS) is 10.5. The van der Waals surface area contributed by atoms with E-state index in [1.54, 1.807) is 0 Å². The Morgan fingerprint density at radius 2 is 2.11 bits per heavy atom. The van der Waals surface area contributed by atoms with Crippen molar-refractivity contribution in [1.29, 1.82) is 0 Å². The Labute approximate surface area is 111 Å². The van der Waals surface area contributed by atoms with Gasteiger partial charge in [-0.15, -0.1) is 0 Å². The molecule has 2 rings (SSSR count). The fourth-order valence-electron chi connectivity index (χ4n) is 1.59. The number of hydrogen-bond acceptors (Lipinski definition) is 3. The van der Waals surface area contributed by atoms with Gasteiger partial charge in [0.15, 0.2) is 0 Å². The van der Waals surface area contributed by atoms with Crippen molar-refractivity contribution >= 4 is 17.6 Å². The van der Waals surface area contributed by atoms with Gasteiger partial charge in [-0.3, -0.25) is 4.79 Å². The van der Waals surface area contributed by atoms with Gasteiger partial charge < -0.3 is 5.11 Å². The number of aromatic carboxylic acids is 1. The number of halogens is 2. The van der Waals surface area contributed by atoms with Gasteiger partial charge in [0.2, 0.25) is 11.1 Å². The third kappa shape index (κ3) is 2.48. The molecule has 0 saturated heterocycles. The van der Waals surface area contributed by atoms with Crippen LogP contribution in [0.1, 0.15) is 16.2 Å². The zero-order valence-corrected chi connectivity index (χ0v) is 10.5. The van der Waals surface area contributed by atoms with Gasteiger partial charge >= 0.3 is 5.97 Å². The first-order chi connectivity index (χ1) is 8.90. The van der Waals surface area contributed by atoms with E-state index in [1.165, 1.54) is 19.1 Å². The van der Waals surface area contributed by atoms with Gasteiger partial charge in [-0.1, -0.05) is 11.6 Å². The average Bonchev–Trinajstić information content (AvgIpc) is 2.32. The maximum Gasteiger partial charge on any atom is 0.360 e. The molecule has 1 heterocycles. The monoisotopic (exact) mass is 282 g/mol. The highest BCUT2D eigenvalue weighted by atomic mass is 35.5. The summed E-state index contributed by atoms with van der Waals surface area (Å²) < 4.78 is 14.8. The van der Waals surface area contributed by atoms with Gasteiger partial charge in [-0.05, 0) is 25.1 Å². The van der Waals surface area contributed by atoms with Crippen LogP contribution in [-0.4, -0.2) is 20.9 Å². The van der Waals surface area contributed by atoms with E-state index in [1.807, 2.05) is 0 Å². The van der Waals surface area contributed by atoms with Crippen molar-refractivity contribution in [2.75, 3.05) is 0 Å². The maximum absolute atomic E-state index is 13.7. The van der Waals surface area contributed by atoms with Crippen molar-refractivity contribution in [1.82, 2.24) is 9.78 Å². The van der Waals surface area contributed by atoms with Gasteiger partial charge in [0, 0.05) is 16.8 Å². The second-order valence-corrected chi connectivity index (χ2v) is 4.25. The number of hydrogen-bond donors (Lipinski definition) is 1. The Morgan fingerprint density at radius 1 is 1.42 bits per heavy atom. The highest BCUT2D eigenvalue weighted by Crippen LogP contribution is 2.19. The average molecular weight is 283 g/mol. The van der Waals surface area contributed by atoms with Crippen molar-refractivity contribution < 1.29 is 14.3 Å². The van der Waals surface area contributed by atoms with E-state index in [0.717, 1.165) is 16.8 Å². The predicted molar refractivity (Wildman–Crippen MR) is 66.5 cm³/mol. The quantitative estimate of drug-likeness (QED) is 0.915. The van der Waals surface area contributed by atoms with Crippen LogP contribution < -0.4 is 5.43 Å². The third-order valence-corrected chi connectivity index (χ3v) is 2.68. The summed E-state index contributed by atoms with van der Waals surface area (Å²) in [5, 5.41) is 12.8. The molecule has 0 saturated carbocycles. The van der Waals surface area contributed by atoms with E-state index < -0.39 is 22.9 Å². The summed E-state index contributed by atoms with van der Waals surface area (Å²) in [6.45, 7) is 1.51. The van der Waals surface area contributed by atoms with Gasteiger partial charge in [-0.25, -0.2) is 13.9 Å². The van der Waals surface area contributed by atoms with E-state index in [2.05, 4.69) is 5.10 Å². The first-order valence-electron chi connectivity index (χ1n) is 5.20. The summed E-state index contributed by atoms with van der Waals surface area (Å²) in [5.74, 6) is -2.10. The van der Waals surface area contributed by atoms with Gasteiger partial charge in [-0.2, -0.15) is 5.10 Å². The van der Waals surface area contributed by atoms with E-state index in [-0.39, 0.29) is 10.7 Å². The van der Waals surface area contributed by atoms with Crippen LogP contribution in [-0.2, 0) is 0 Å². The van der Waals surface area contributed by atoms with Crippen molar-refractivity contribution in [2.24, 2.45) is 0 Å². The van der Waals surface area contributed by atoms with Crippen molar-refractivity contribution in [3.8, 4) is 5.69 Å². The predicted octanol–water partition coefficient (Wildman–Crippen LogP) is 2.03. The lowest BCUT2D eigenvalue weighted by Crippen LogP contribution is -2.22. The number of aryl methyl sites for hydroxylation is 1. The molecule has 98 valence electrons. The summed E-state index contributed by atoms with van der Waals surface area (Å²) in [5.41, 5.74) is -1.13. The van der Waals surface area contributed by atoms with Gasteiger partial charge in [0.25, 0.3) is 0 Å². The van der Waals surface area contributed by atoms with E-state index in [9.17, 15) is 14.0 Å². The molecule has 1 aromatic carbocycles. The molecule has 0 aliphatic heterocycles. The maximum atomic E-state index is 13.7. The number of rotatable bonds is 2. The van der Waals surface area contributed by atoms with Crippen LogP contribution in [0, 0.1) is 12.7 Å². The molecule has 0 bridgehead atoms. The van der Waals surface area contributed by atoms with E-state index in [4.69, 9.17) is 16.7 Å². The van der Waals surface area contributed by atoms with E-state index in [0.29, 0.717) is 5.69 Å². The van der Waals surface area contributed by atoms with Crippen LogP contribution in [0.15, 0.2) is 29.1 Å². The number of benzene rings is 1. The lowest BCUT2D eigenvalue weighted by Gasteiger charge is -2.11. The molecule has 19 heavy (non-hydrogen) atoms. The molecule has 0 radical (unpaired) electrons. The largest absolute Gasteiger partial charge is 0.476 e. The Bertz CT molecular complexity index is 727. The number of carboxylic acids is 1. The third-order valence-electron chi connectivity index (χ3n) is 2.45. The highest BCUT2D eigenvalue weighted by molar-refractivity contribution is 6.30. The SMILES string of the molecule is Cc1cc(=O)c(C(=O)O)nn1-c1cc(Cl)ccc1F. The molecule has 0 atom stereocenters. The van der Waals surface area contributed by atoms with Crippen LogP contribution in [0.2, 0.25) is 5.02 Å². The molecule has 2 aromatic rings. The Kier molecular flexibility index (Phi) is 3.35. The van der Waals surface area contributed by atoms with Crippen LogP contribution in [0.4, 0.5) is 4.39 Å². The molecule has 1 aromatic heterocycles. The molecule has 0 aliphatic carbocycles. The minimum atomic E-state index is -1.47. The minimum absolute atomic E-state index is 0.0208. The molecular formula is C12H8ClFN2O3. The Morgan fingerprint density at radius 3 is 2.74 bits per heavy atom. The molecule has 1 N–H and O–H groups in total. The van der Waals surface area contributed by atoms with Crippen molar-refractivity contribution in [2.45, 2.75) is 6.92 Å². The summed E-state index contributed by atoms with van der Waals surface area (Å²) >= 11 is 5.77. The fraction of sp³-hybridized carbons (Fsp3) is 0.0833. The van der Waals surface area contributed by atoms with Crippen LogP contribution >= 0.6 is 11.6 Å². The van der Waals surface area contributed by atoms with E-state index >= 15 is 0 Å². The number of nitrogens with zero attached hydrogens (tertiary/aromatic N) is 2. The van der Waals surface area contributed by atoms with Crippen molar-refractivity contribution in [3.63, 3.8) is 0 Å². The molecule has 0 fully saturated rings. The summed E-state index contributed by atoms with van der Waals surface area (Å²) in [4.78, 5) is 22.3. The molecule has 0 amide bonds. The molecule has 0 aliphatic rings. The van der Waals surface area contributed by atoms with Crippen LogP contribution in [0.5, 0.6) is 0 Å². The zero-order chi connectivity index (χ0) is 14.2. The van der Waals surface area contributed by atoms with Crippen LogP contribution in [0.3, 0.4) is 0 Å². The standard InChI is InChI=1S/C12H8ClFN2O3/c1-6-4-10(17)11(12(18)19)15-16(6)9-5-7(13)2-3-8(9)14/h2-5H,1H3,(H,18,19). The number of carbonyl (C=O) groups is 1. The highest BCUT2D eigenvalue weighted by Gasteiger charge is 2.15. The first-order valence-corrected chi connectivity index (χ1v) is 5.57. The Balaban J connectivity index is 2.75. The molecule has 0 unspecified atom stereocenters. The smallest absolute Gasteiger partial charge is 0.360 e. The first kappa shape index (κ1) is 13.2. The minimum Gasteiger partial charge on any atom is -0.476 e. The van der Waals surface area contributed by atoms with Crippen molar-refractivity contribution in [3.05, 3.63) is 56.7 Å². The fourth-order valence-corrected chi connectivity index (χ4v) is 1.75. The lowest BCUT2D eigenvalue weighted by atomic mass is 10.2. The summed E-state index contributed by atoms with van der Waals surface area (Å²) in [6, 6.07) is 4.87. The lowest BCUT2D eigenvalue weighted by molar-refractivity contribution is 0.0686.